The van der Waals surface area contributed by atoms with Gasteiger partial charge in [0.1, 0.15) is 0 Å². The molecule has 0 unspecified atom stereocenters. The summed E-state index contributed by atoms with van der Waals surface area (Å²) in [4.78, 5) is 4.43. The predicted octanol–water partition coefficient (Wildman–Crippen LogP) is 1.51. The van der Waals surface area contributed by atoms with Gasteiger partial charge in [-0.05, 0) is 19.6 Å². The summed E-state index contributed by atoms with van der Waals surface area (Å²) in [6.45, 7) is 9.52. The predicted molar refractivity (Wildman–Crippen MR) is 57.8 cm³/mol. The van der Waals surface area contributed by atoms with Gasteiger partial charge in [-0.15, -0.1) is 0 Å². The van der Waals surface area contributed by atoms with Gasteiger partial charge in [-0.25, -0.2) is 0 Å². The summed E-state index contributed by atoms with van der Waals surface area (Å²) in [5, 5.41) is 0. The maximum atomic E-state index is 5.77. The van der Waals surface area contributed by atoms with Crippen molar-refractivity contribution in [2.45, 2.75) is 19.6 Å². The summed E-state index contributed by atoms with van der Waals surface area (Å²) in [6, 6.07) is 0. The van der Waals surface area contributed by atoms with Crippen molar-refractivity contribution in [3.05, 3.63) is 12.4 Å². The van der Waals surface area contributed by atoms with Gasteiger partial charge in [-0.2, -0.15) is 0 Å². The molecule has 13 heavy (non-hydrogen) atoms. The van der Waals surface area contributed by atoms with E-state index < -0.39 is 8.32 Å². The van der Waals surface area contributed by atoms with Gasteiger partial charge in [0.05, 0.1) is 13.3 Å². The van der Waals surface area contributed by atoms with Crippen LogP contribution in [0.25, 0.3) is 0 Å². The Bertz CT molecular complexity index is 189. The van der Waals surface area contributed by atoms with Crippen LogP contribution < -0.4 is 0 Å². The minimum atomic E-state index is -1.31. The summed E-state index contributed by atoms with van der Waals surface area (Å²) < 4.78 is 5.77. The first-order chi connectivity index (χ1) is 5.97. The van der Waals surface area contributed by atoms with Gasteiger partial charge in [-0.1, -0.05) is 0 Å². The number of hydrogen-bond acceptors (Lipinski definition) is 3. The molecule has 1 rings (SSSR count). The highest BCUT2D eigenvalue weighted by Gasteiger charge is 2.15. The molecule has 0 spiro atoms. The lowest BCUT2D eigenvalue weighted by molar-refractivity contribution is 0.226. The zero-order valence-corrected chi connectivity index (χ0v) is 10.1. The highest BCUT2D eigenvalue weighted by Crippen LogP contribution is 2.05. The van der Waals surface area contributed by atoms with Gasteiger partial charge in [0, 0.05) is 26.0 Å². The molecule has 0 saturated heterocycles. The van der Waals surface area contributed by atoms with Crippen LogP contribution >= 0.6 is 0 Å². The van der Waals surface area contributed by atoms with Crippen molar-refractivity contribution in [2.24, 2.45) is 0 Å². The third-order valence-corrected chi connectivity index (χ3v) is 2.92. The molecule has 3 nitrogen and oxygen atoms in total. The standard InChI is InChI=1S/C9H20N2OSi/c1-10-5-6-11(9-10)7-8-12-13(2,3)4/h5-6H,7-9H2,1-4H3. The summed E-state index contributed by atoms with van der Waals surface area (Å²) in [5.74, 6) is 0. The van der Waals surface area contributed by atoms with E-state index in [9.17, 15) is 0 Å². The molecule has 1 aliphatic rings. The first kappa shape index (κ1) is 10.6. The molecule has 1 heterocycles. The Morgan fingerprint density at radius 2 is 2.00 bits per heavy atom. The second kappa shape index (κ2) is 4.15. The normalized spacial score (nSPS) is 17.2. The molecule has 0 atom stereocenters. The Hall–Kier alpha value is -0.483. The third-order valence-electron chi connectivity index (χ3n) is 1.85. The van der Waals surface area contributed by atoms with E-state index in [-0.39, 0.29) is 0 Å². The average molecular weight is 200 g/mol. The van der Waals surface area contributed by atoms with Gasteiger partial charge in [0.2, 0.25) is 0 Å². The van der Waals surface area contributed by atoms with E-state index in [0.717, 1.165) is 19.8 Å². The molecule has 0 aliphatic carbocycles. The lowest BCUT2D eigenvalue weighted by Crippen LogP contribution is -2.31. The molecule has 0 amide bonds. The van der Waals surface area contributed by atoms with Crippen LogP contribution in [-0.4, -0.2) is 45.0 Å². The Morgan fingerprint density at radius 1 is 1.31 bits per heavy atom. The Morgan fingerprint density at radius 3 is 2.46 bits per heavy atom. The summed E-state index contributed by atoms with van der Waals surface area (Å²) in [7, 11) is 0.769. The molecule has 0 bridgehead atoms. The van der Waals surface area contributed by atoms with Gasteiger partial charge in [0.25, 0.3) is 0 Å². The van der Waals surface area contributed by atoms with Crippen molar-refractivity contribution < 1.29 is 4.43 Å². The number of nitrogens with zero attached hydrogens (tertiary/aromatic N) is 2. The van der Waals surface area contributed by atoms with E-state index in [0.29, 0.717) is 0 Å². The number of rotatable bonds is 4. The van der Waals surface area contributed by atoms with Crippen LogP contribution in [0.15, 0.2) is 12.4 Å². The highest BCUT2D eigenvalue weighted by molar-refractivity contribution is 6.69. The largest absolute Gasteiger partial charge is 0.416 e. The smallest absolute Gasteiger partial charge is 0.183 e. The van der Waals surface area contributed by atoms with Crippen LogP contribution in [0.3, 0.4) is 0 Å². The topological polar surface area (TPSA) is 15.7 Å². The van der Waals surface area contributed by atoms with Crippen molar-refractivity contribution in [3.63, 3.8) is 0 Å². The summed E-state index contributed by atoms with van der Waals surface area (Å²) in [6.07, 6.45) is 4.21. The molecule has 0 saturated carbocycles. The first-order valence-electron chi connectivity index (χ1n) is 4.74. The van der Waals surface area contributed by atoms with Crippen molar-refractivity contribution >= 4 is 8.32 Å². The fourth-order valence-electron chi connectivity index (χ4n) is 1.20. The first-order valence-corrected chi connectivity index (χ1v) is 8.15. The molecule has 76 valence electrons. The molecular formula is C9H20N2OSi. The van der Waals surface area contributed by atoms with Crippen LogP contribution in [0.2, 0.25) is 19.6 Å². The van der Waals surface area contributed by atoms with Crippen molar-refractivity contribution in [2.75, 3.05) is 26.9 Å². The maximum absolute atomic E-state index is 5.77. The van der Waals surface area contributed by atoms with E-state index in [1.807, 2.05) is 0 Å². The molecule has 0 radical (unpaired) electrons. The Balaban J connectivity index is 2.11. The van der Waals surface area contributed by atoms with Gasteiger partial charge < -0.3 is 14.2 Å². The SMILES string of the molecule is CN1C=CN(CCO[Si](C)(C)C)C1. The Labute approximate surface area is 82.1 Å². The maximum Gasteiger partial charge on any atom is 0.183 e. The van der Waals surface area contributed by atoms with Crippen LogP contribution in [0.4, 0.5) is 0 Å². The zero-order chi connectivity index (χ0) is 9.90. The lowest BCUT2D eigenvalue weighted by Gasteiger charge is -2.22. The van der Waals surface area contributed by atoms with E-state index in [1.54, 1.807) is 0 Å². The fourth-order valence-corrected chi connectivity index (χ4v) is 1.91. The zero-order valence-electron chi connectivity index (χ0n) is 9.08. The number of hydrogen-bond donors (Lipinski definition) is 0. The molecule has 0 fully saturated rings. The van der Waals surface area contributed by atoms with Crippen molar-refractivity contribution in [1.29, 1.82) is 0 Å². The minimum absolute atomic E-state index is 0.855. The summed E-state index contributed by atoms with van der Waals surface area (Å²) >= 11 is 0. The molecule has 1 aliphatic heterocycles. The molecule has 4 heteroatoms. The third kappa shape index (κ3) is 4.33. The van der Waals surface area contributed by atoms with E-state index in [1.165, 1.54) is 0 Å². The Kier molecular flexibility index (Phi) is 3.38. The monoisotopic (exact) mass is 200 g/mol. The van der Waals surface area contributed by atoms with Crippen LogP contribution in [0.5, 0.6) is 0 Å². The van der Waals surface area contributed by atoms with Gasteiger partial charge in [-0.3, -0.25) is 0 Å². The fraction of sp³-hybridized carbons (Fsp3) is 0.778. The molecule has 0 aromatic heterocycles. The second-order valence-corrected chi connectivity index (χ2v) is 8.98. The van der Waals surface area contributed by atoms with Gasteiger partial charge >= 0.3 is 0 Å². The average Bonchev–Trinajstić information content (AvgIpc) is 2.33. The van der Waals surface area contributed by atoms with Crippen LogP contribution in [0, 0.1) is 0 Å². The van der Waals surface area contributed by atoms with Crippen molar-refractivity contribution in [3.8, 4) is 0 Å². The van der Waals surface area contributed by atoms with E-state index in [2.05, 4.69) is 48.9 Å². The quantitative estimate of drug-likeness (QED) is 0.640. The summed E-state index contributed by atoms with van der Waals surface area (Å²) in [5.41, 5.74) is 0. The second-order valence-electron chi connectivity index (χ2n) is 4.47. The molecular weight excluding hydrogens is 180 g/mol. The van der Waals surface area contributed by atoms with E-state index >= 15 is 0 Å². The van der Waals surface area contributed by atoms with Crippen molar-refractivity contribution in [1.82, 2.24) is 9.80 Å². The minimum Gasteiger partial charge on any atom is -0.416 e. The van der Waals surface area contributed by atoms with Crippen LogP contribution in [-0.2, 0) is 4.43 Å². The molecule has 0 N–H and O–H groups in total. The molecule has 0 aromatic rings. The molecule has 0 aromatic carbocycles. The highest BCUT2D eigenvalue weighted by atomic mass is 28.4. The van der Waals surface area contributed by atoms with Crippen LogP contribution in [0.1, 0.15) is 0 Å². The van der Waals surface area contributed by atoms with E-state index in [4.69, 9.17) is 4.43 Å². The lowest BCUT2D eigenvalue weighted by atomic mass is 10.6. The van der Waals surface area contributed by atoms with Gasteiger partial charge in [0.15, 0.2) is 8.32 Å².